The monoisotopic (exact) mass is 445 g/mol. The van der Waals surface area contributed by atoms with Crippen molar-refractivity contribution in [3.8, 4) is 0 Å². The van der Waals surface area contributed by atoms with E-state index in [4.69, 9.17) is 4.99 Å². The Balaban J connectivity index is 1.89. The van der Waals surface area contributed by atoms with E-state index in [0.29, 0.717) is 18.1 Å². The van der Waals surface area contributed by atoms with Crippen LogP contribution in [0.2, 0.25) is 0 Å². The summed E-state index contributed by atoms with van der Waals surface area (Å²) in [7, 11) is 1.92. The van der Waals surface area contributed by atoms with E-state index in [0.717, 1.165) is 33.8 Å². The van der Waals surface area contributed by atoms with E-state index in [9.17, 15) is 4.79 Å². The average Bonchev–Trinajstić information content (AvgIpc) is 2.99. The number of carbonyl (C=O) groups excluding carboxylic acids is 1. The molecule has 0 fully saturated rings. The second-order valence-electron chi connectivity index (χ2n) is 9.66. The van der Waals surface area contributed by atoms with Crippen LogP contribution < -0.4 is 10.6 Å². The third-order valence-electron chi connectivity index (χ3n) is 5.95. The molecule has 1 aromatic heterocycles. The van der Waals surface area contributed by atoms with Gasteiger partial charge in [-0.05, 0) is 68.0 Å². The van der Waals surface area contributed by atoms with E-state index in [-0.39, 0.29) is 11.3 Å². The number of hydrogen-bond donors (Lipinski definition) is 2. The van der Waals surface area contributed by atoms with Gasteiger partial charge < -0.3 is 5.32 Å². The number of nitrogens with zero attached hydrogens (tertiary/aromatic N) is 3. The summed E-state index contributed by atoms with van der Waals surface area (Å²) in [6.07, 6.45) is 0. The Bertz CT molecular complexity index is 1180. The van der Waals surface area contributed by atoms with E-state index in [2.05, 4.69) is 54.7 Å². The predicted molar refractivity (Wildman–Crippen MR) is 136 cm³/mol. The van der Waals surface area contributed by atoms with Crippen LogP contribution in [0, 0.1) is 27.7 Å². The molecule has 0 atom stereocenters. The van der Waals surface area contributed by atoms with Gasteiger partial charge in [-0.1, -0.05) is 45.0 Å². The first-order chi connectivity index (χ1) is 15.5. The van der Waals surface area contributed by atoms with Gasteiger partial charge in [0, 0.05) is 29.6 Å². The summed E-state index contributed by atoms with van der Waals surface area (Å²) in [5, 5.41) is 10.8. The Morgan fingerprint density at radius 2 is 1.70 bits per heavy atom. The highest BCUT2D eigenvalue weighted by atomic mass is 16.1. The lowest BCUT2D eigenvalue weighted by Crippen LogP contribution is -2.36. The zero-order chi connectivity index (χ0) is 24.3. The molecule has 3 aromatic rings. The van der Waals surface area contributed by atoms with Crippen LogP contribution in [-0.4, -0.2) is 21.6 Å². The van der Waals surface area contributed by atoms with Gasteiger partial charge in [0.05, 0.1) is 12.2 Å². The molecular formula is C27H35N5O. The van der Waals surface area contributed by atoms with Gasteiger partial charge in [0.15, 0.2) is 0 Å². The molecule has 0 aliphatic heterocycles. The van der Waals surface area contributed by atoms with Crippen molar-refractivity contribution in [1.82, 2.24) is 15.1 Å². The quantitative estimate of drug-likeness (QED) is 0.420. The highest BCUT2D eigenvalue weighted by Gasteiger charge is 2.16. The molecule has 2 aromatic carbocycles. The molecular weight excluding hydrogens is 410 g/mol. The number of anilines is 1. The molecule has 0 bridgehead atoms. The molecule has 6 nitrogen and oxygen atoms in total. The Hall–Kier alpha value is -3.41. The number of rotatable bonds is 4. The van der Waals surface area contributed by atoms with Crippen LogP contribution >= 0.6 is 0 Å². The van der Waals surface area contributed by atoms with E-state index >= 15 is 0 Å². The number of aliphatic imine (C=N–C) groups is 1. The molecule has 0 aliphatic carbocycles. The normalized spacial score (nSPS) is 12.1. The molecule has 0 spiro atoms. The lowest BCUT2D eigenvalue weighted by Gasteiger charge is -2.19. The number of carbonyl (C=O) groups is 1. The first kappa shape index (κ1) is 24.2. The van der Waals surface area contributed by atoms with Crippen LogP contribution in [0.4, 0.5) is 5.69 Å². The molecule has 6 heteroatoms. The van der Waals surface area contributed by atoms with Gasteiger partial charge in [0.25, 0.3) is 5.91 Å². The Kier molecular flexibility index (Phi) is 7.06. The maximum Gasteiger partial charge on any atom is 0.257 e. The maximum atomic E-state index is 13.1. The molecule has 0 saturated carbocycles. The molecule has 174 valence electrons. The number of aromatic nitrogens is 2. The molecule has 0 aliphatic rings. The van der Waals surface area contributed by atoms with Gasteiger partial charge in [-0.25, -0.2) is 4.99 Å². The van der Waals surface area contributed by atoms with Crippen molar-refractivity contribution >= 4 is 17.6 Å². The second kappa shape index (κ2) is 9.61. The fourth-order valence-corrected chi connectivity index (χ4v) is 3.61. The molecule has 0 unspecified atom stereocenters. The number of benzene rings is 2. The minimum absolute atomic E-state index is 0.0331. The number of amides is 1. The number of nitrogens with one attached hydrogen (secondary N) is 2. The molecule has 2 N–H and O–H groups in total. The van der Waals surface area contributed by atoms with Gasteiger partial charge >= 0.3 is 0 Å². The molecule has 33 heavy (non-hydrogen) atoms. The summed E-state index contributed by atoms with van der Waals surface area (Å²) in [5.41, 5.74) is 7.98. The lowest BCUT2D eigenvalue weighted by molar-refractivity contribution is 0.0977. The molecule has 1 amide bonds. The van der Waals surface area contributed by atoms with Crippen LogP contribution in [0.1, 0.15) is 64.8 Å². The van der Waals surface area contributed by atoms with Gasteiger partial charge in [-0.3, -0.25) is 14.8 Å². The van der Waals surface area contributed by atoms with E-state index in [1.54, 1.807) is 0 Å². The standard InChI is InChI=1S/C27H35N5O/c1-17-9-10-18(2)24(15-17)29-26(28-16-23-19(3)31-32(8)20(23)4)30-25(33)21-11-13-22(14-12-21)27(5,6)7/h9-15H,16H2,1-8H3,(H2,28,29,30,33). The minimum atomic E-state index is -0.202. The summed E-state index contributed by atoms with van der Waals surface area (Å²) in [5.74, 6) is 0.211. The number of aryl methyl sites for hydroxylation is 4. The molecule has 0 saturated heterocycles. The van der Waals surface area contributed by atoms with Crippen molar-refractivity contribution < 1.29 is 4.79 Å². The summed E-state index contributed by atoms with van der Waals surface area (Å²) in [6, 6.07) is 13.9. The van der Waals surface area contributed by atoms with Crippen LogP contribution in [-0.2, 0) is 19.0 Å². The average molecular weight is 446 g/mol. The maximum absolute atomic E-state index is 13.1. The van der Waals surface area contributed by atoms with E-state index < -0.39 is 0 Å². The lowest BCUT2D eigenvalue weighted by atomic mass is 9.87. The van der Waals surface area contributed by atoms with Crippen molar-refractivity contribution in [2.75, 3.05) is 5.32 Å². The van der Waals surface area contributed by atoms with Crippen LogP contribution in [0.5, 0.6) is 0 Å². The fraction of sp³-hybridized carbons (Fsp3) is 0.370. The highest BCUT2D eigenvalue weighted by molar-refractivity contribution is 6.10. The van der Waals surface area contributed by atoms with Crippen molar-refractivity contribution in [1.29, 1.82) is 0 Å². The second-order valence-corrected chi connectivity index (χ2v) is 9.66. The molecule has 0 radical (unpaired) electrons. The SMILES string of the molecule is Cc1ccc(C)c(NC(=NCc2c(C)nn(C)c2C)NC(=O)c2ccc(C(C)(C)C)cc2)c1. The summed E-state index contributed by atoms with van der Waals surface area (Å²) in [6.45, 7) is 15.0. The zero-order valence-electron chi connectivity index (χ0n) is 21.0. The van der Waals surface area contributed by atoms with Crippen molar-refractivity contribution in [3.63, 3.8) is 0 Å². The van der Waals surface area contributed by atoms with Crippen molar-refractivity contribution in [2.45, 2.75) is 60.4 Å². The molecule has 1 heterocycles. The Morgan fingerprint density at radius 1 is 1.03 bits per heavy atom. The van der Waals surface area contributed by atoms with Gasteiger partial charge in [0.2, 0.25) is 5.96 Å². The van der Waals surface area contributed by atoms with Crippen molar-refractivity contribution in [3.05, 3.63) is 81.7 Å². The van der Waals surface area contributed by atoms with Crippen LogP contribution in [0.25, 0.3) is 0 Å². The zero-order valence-corrected chi connectivity index (χ0v) is 21.0. The largest absolute Gasteiger partial charge is 0.326 e. The topological polar surface area (TPSA) is 71.3 Å². The summed E-state index contributed by atoms with van der Waals surface area (Å²) < 4.78 is 1.85. The smallest absolute Gasteiger partial charge is 0.257 e. The third kappa shape index (κ3) is 5.89. The predicted octanol–water partition coefficient (Wildman–Crippen LogP) is 5.35. The van der Waals surface area contributed by atoms with Gasteiger partial charge in [-0.15, -0.1) is 0 Å². The van der Waals surface area contributed by atoms with Crippen LogP contribution in [0.15, 0.2) is 47.5 Å². The van der Waals surface area contributed by atoms with E-state index in [1.807, 2.05) is 63.7 Å². The fourth-order valence-electron chi connectivity index (χ4n) is 3.61. The number of guanidine groups is 1. The van der Waals surface area contributed by atoms with E-state index in [1.165, 1.54) is 5.56 Å². The van der Waals surface area contributed by atoms with Gasteiger partial charge in [-0.2, -0.15) is 5.10 Å². The summed E-state index contributed by atoms with van der Waals surface area (Å²) in [4.78, 5) is 17.8. The minimum Gasteiger partial charge on any atom is -0.326 e. The Labute approximate surface area is 197 Å². The number of hydrogen-bond acceptors (Lipinski definition) is 3. The van der Waals surface area contributed by atoms with Gasteiger partial charge in [0.1, 0.15) is 0 Å². The Morgan fingerprint density at radius 3 is 2.27 bits per heavy atom. The van der Waals surface area contributed by atoms with Crippen LogP contribution in [0.3, 0.4) is 0 Å². The van der Waals surface area contributed by atoms with Crippen molar-refractivity contribution in [2.24, 2.45) is 12.0 Å². The first-order valence-electron chi connectivity index (χ1n) is 11.3. The first-order valence-corrected chi connectivity index (χ1v) is 11.3. The summed E-state index contributed by atoms with van der Waals surface area (Å²) >= 11 is 0. The molecule has 3 rings (SSSR count). The third-order valence-corrected chi connectivity index (χ3v) is 5.95. The highest BCUT2D eigenvalue weighted by Crippen LogP contribution is 2.22.